The van der Waals surface area contributed by atoms with Crippen LogP contribution in [0, 0.1) is 11.3 Å². The average molecular weight is 438 g/mol. The van der Waals surface area contributed by atoms with E-state index in [1.54, 1.807) is 37.3 Å². The van der Waals surface area contributed by atoms with Crippen LogP contribution in [0.25, 0.3) is 0 Å². The third-order valence-corrected chi connectivity index (χ3v) is 7.58. The summed E-state index contributed by atoms with van der Waals surface area (Å²) in [6.45, 7) is 2.82. The van der Waals surface area contributed by atoms with Crippen LogP contribution in [0.4, 0.5) is 0 Å². The van der Waals surface area contributed by atoms with Crippen molar-refractivity contribution < 1.29 is 41.1 Å². The predicted octanol–water partition coefficient (Wildman–Crippen LogP) is 1.37. The molecule has 3 saturated carbocycles. The highest BCUT2D eigenvalue weighted by atomic mass is 32.2. The van der Waals surface area contributed by atoms with Gasteiger partial charge in [0.15, 0.2) is 6.29 Å². The van der Waals surface area contributed by atoms with E-state index in [9.17, 15) is 18.0 Å². The Kier molecular flexibility index (Phi) is 3.86. The minimum Gasteiger partial charge on any atom is -0.461 e. The molecule has 10 heteroatoms. The molecule has 6 aliphatic rings. The van der Waals surface area contributed by atoms with Gasteiger partial charge in [0, 0.05) is 19.3 Å². The summed E-state index contributed by atoms with van der Waals surface area (Å²) < 4.78 is 53.3. The Morgan fingerprint density at radius 1 is 1.20 bits per heavy atom. The van der Waals surface area contributed by atoms with Crippen LogP contribution in [0.3, 0.4) is 0 Å². The van der Waals surface area contributed by atoms with Gasteiger partial charge < -0.3 is 18.9 Å². The van der Waals surface area contributed by atoms with Crippen LogP contribution in [0.2, 0.25) is 0 Å². The van der Waals surface area contributed by atoms with Gasteiger partial charge in [-0.05, 0) is 25.5 Å². The fourth-order valence-electron chi connectivity index (χ4n) is 6.03. The van der Waals surface area contributed by atoms with E-state index in [0.717, 1.165) is 6.26 Å². The number of carbonyl (C=O) groups is 2. The lowest BCUT2D eigenvalue weighted by Gasteiger charge is -2.66. The summed E-state index contributed by atoms with van der Waals surface area (Å²) in [6, 6.07) is 8.45. The van der Waals surface area contributed by atoms with Gasteiger partial charge in [-0.1, -0.05) is 18.2 Å². The van der Waals surface area contributed by atoms with Gasteiger partial charge in [-0.3, -0.25) is 8.98 Å². The Bertz CT molecular complexity index is 1040. The quantitative estimate of drug-likeness (QED) is 0.480. The van der Waals surface area contributed by atoms with Crippen molar-refractivity contribution >= 4 is 22.1 Å². The molecular formula is C20H22O9S. The smallest absolute Gasteiger partial charge is 0.338 e. The second-order valence-electron chi connectivity index (χ2n) is 8.73. The summed E-state index contributed by atoms with van der Waals surface area (Å²) in [7, 11) is -3.87. The summed E-state index contributed by atoms with van der Waals surface area (Å²) in [5.41, 5.74) is -3.12. The number of hydrogen-bond acceptors (Lipinski definition) is 9. The van der Waals surface area contributed by atoms with Gasteiger partial charge in [-0.2, -0.15) is 8.42 Å². The standard InChI is InChI=1S/C20H22O9S/c1-12(21)26-19-10-17(2)20(29-30(3,23)24)9-14(19)18(20,16(27-17)28-19)11-25-15(22)13-7-5-4-6-8-13/h4-8,14,16H,9-11H2,1-3H3. The Morgan fingerprint density at radius 2 is 1.90 bits per heavy atom. The Balaban J connectivity index is 1.53. The molecule has 0 aromatic heterocycles. The zero-order valence-corrected chi connectivity index (χ0v) is 17.6. The van der Waals surface area contributed by atoms with Gasteiger partial charge in [0.25, 0.3) is 10.1 Å². The maximum atomic E-state index is 12.6. The molecule has 0 amide bonds. The van der Waals surface area contributed by atoms with E-state index < -0.39 is 56.7 Å². The molecule has 162 valence electrons. The second-order valence-corrected chi connectivity index (χ2v) is 10.3. The summed E-state index contributed by atoms with van der Waals surface area (Å²) in [6.07, 6.45) is 0.414. The number of rotatable bonds is 6. The molecule has 3 heterocycles. The number of benzene rings is 1. The van der Waals surface area contributed by atoms with Crippen molar-refractivity contribution in [3.05, 3.63) is 35.9 Å². The molecule has 6 bridgehead atoms. The summed E-state index contributed by atoms with van der Waals surface area (Å²) in [4.78, 5) is 24.4. The number of hydrogen-bond donors (Lipinski definition) is 0. The highest BCUT2D eigenvalue weighted by molar-refractivity contribution is 7.86. The first-order chi connectivity index (χ1) is 14.0. The molecule has 30 heavy (non-hydrogen) atoms. The van der Waals surface area contributed by atoms with Crippen molar-refractivity contribution in [3.63, 3.8) is 0 Å². The van der Waals surface area contributed by atoms with Gasteiger partial charge in [0.1, 0.15) is 17.8 Å². The van der Waals surface area contributed by atoms with Crippen LogP contribution in [0.15, 0.2) is 30.3 Å². The highest BCUT2D eigenvalue weighted by Gasteiger charge is 2.96. The molecule has 0 N–H and O–H groups in total. The van der Waals surface area contributed by atoms with Crippen molar-refractivity contribution in [1.29, 1.82) is 0 Å². The fourth-order valence-corrected chi connectivity index (χ4v) is 6.95. The van der Waals surface area contributed by atoms with E-state index >= 15 is 0 Å². The topological polar surface area (TPSA) is 114 Å². The first-order valence-corrected chi connectivity index (χ1v) is 11.5. The number of ether oxygens (including phenoxy) is 4. The first-order valence-electron chi connectivity index (χ1n) is 9.65. The summed E-state index contributed by atoms with van der Waals surface area (Å²) in [5, 5.41) is 0. The van der Waals surface area contributed by atoms with Crippen LogP contribution in [-0.4, -0.2) is 56.5 Å². The third kappa shape index (κ3) is 2.30. The van der Waals surface area contributed by atoms with Gasteiger partial charge >= 0.3 is 11.9 Å². The maximum absolute atomic E-state index is 12.6. The van der Waals surface area contributed by atoms with Crippen LogP contribution in [0.5, 0.6) is 0 Å². The lowest BCUT2D eigenvalue weighted by molar-refractivity contribution is -0.379. The van der Waals surface area contributed by atoms with Gasteiger partial charge in [-0.15, -0.1) is 0 Å². The fraction of sp³-hybridized carbons (Fsp3) is 0.600. The van der Waals surface area contributed by atoms with E-state index in [2.05, 4.69) is 0 Å². The molecule has 6 fully saturated rings. The van der Waals surface area contributed by atoms with E-state index in [-0.39, 0.29) is 19.4 Å². The average Bonchev–Trinajstić information content (AvgIpc) is 2.83. The summed E-state index contributed by atoms with van der Waals surface area (Å²) >= 11 is 0. The van der Waals surface area contributed by atoms with Crippen molar-refractivity contribution in [2.75, 3.05) is 12.9 Å². The Morgan fingerprint density at radius 3 is 2.53 bits per heavy atom. The predicted molar refractivity (Wildman–Crippen MR) is 99.4 cm³/mol. The lowest BCUT2D eigenvalue weighted by Crippen LogP contribution is -2.80. The van der Waals surface area contributed by atoms with Crippen LogP contribution < -0.4 is 0 Å². The molecular weight excluding hydrogens is 416 g/mol. The molecule has 3 aliphatic heterocycles. The van der Waals surface area contributed by atoms with Crippen LogP contribution in [-0.2, 0) is 38.0 Å². The van der Waals surface area contributed by atoms with Gasteiger partial charge in [0.2, 0.25) is 5.79 Å². The zero-order chi connectivity index (χ0) is 21.6. The molecule has 6 unspecified atom stereocenters. The molecule has 7 rings (SSSR count). The lowest BCUT2D eigenvalue weighted by atomic mass is 9.41. The van der Waals surface area contributed by atoms with Gasteiger partial charge in [-0.25, -0.2) is 4.79 Å². The second kappa shape index (κ2) is 5.82. The van der Waals surface area contributed by atoms with Crippen LogP contribution in [0.1, 0.15) is 37.0 Å². The molecule has 1 aromatic rings. The summed E-state index contributed by atoms with van der Waals surface area (Å²) in [5.74, 6) is -2.76. The largest absolute Gasteiger partial charge is 0.461 e. The molecule has 0 radical (unpaired) electrons. The molecule has 3 aliphatic carbocycles. The molecule has 6 atom stereocenters. The van der Waals surface area contributed by atoms with Crippen molar-refractivity contribution in [2.45, 2.75) is 50.0 Å². The van der Waals surface area contributed by atoms with Gasteiger partial charge in [0.05, 0.1) is 17.2 Å². The Labute approximate surface area is 173 Å². The monoisotopic (exact) mass is 438 g/mol. The number of esters is 2. The van der Waals surface area contributed by atoms with Crippen molar-refractivity contribution in [1.82, 2.24) is 0 Å². The van der Waals surface area contributed by atoms with Crippen molar-refractivity contribution in [2.24, 2.45) is 11.3 Å². The third-order valence-electron chi connectivity index (χ3n) is 6.99. The molecule has 3 saturated heterocycles. The first kappa shape index (κ1) is 19.9. The molecule has 9 nitrogen and oxygen atoms in total. The maximum Gasteiger partial charge on any atom is 0.338 e. The highest BCUT2D eigenvalue weighted by Crippen LogP contribution is 2.82. The van der Waals surface area contributed by atoms with E-state index in [1.807, 2.05) is 0 Å². The Hall–Kier alpha value is -2.01. The van der Waals surface area contributed by atoms with E-state index in [4.69, 9.17) is 23.1 Å². The zero-order valence-electron chi connectivity index (χ0n) is 16.7. The van der Waals surface area contributed by atoms with E-state index in [0.29, 0.717) is 5.56 Å². The van der Waals surface area contributed by atoms with Crippen molar-refractivity contribution in [3.8, 4) is 0 Å². The normalized spacial score (nSPS) is 42.6. The number of carbonyl (C=O) groups excluding carboxylic acids is 2. The minimum absolute atomic E-state index is 0.130. The molecule has 1 aromatic carbocycles. The van der Waals surface area contributed by atoms with E-state index in [1.165, 1.54) is 6.92 Å². The minimum atomic E-state index is -3.87. The molecule has 0 spiro atoms. The van der Waals surface area contributed by atoms with Crippen LogP contribution >= 0.6 is 0 Å². The SMILES string of the molecule is CC(=O)OC12CC3(C)OC(O1)C1(COC(=O)c4ccccc4)C2CC31OS(C)(=O)=O.